The predicted molar refractivity (Wildman–Crippen MR) is 129 cm³/mol. The minimum Gasteiger partial charge on any atom is -0.379 e. The molecule has 9 nitrogen and oxygen atoms in total. The van der Waals surface area contributed by atoms with E-state index in [4.69, 9.17) is 16.3 Å². The quantitative estimate of drug-likeness (QED) is 0.468. The Balaban J connectivity index is 1.47. The molecule has 3 aromatic rings. The second kappa shape index (κ2) is 9.92. The molecule has 1 saturated heterocycles. The number of para-hydroxylation sites is 1. The molecular weight excluding hydrogens is 468 g/mol. The second-order valence-electron chi connectivity index (χ2n) is 7.63. The summed E-state index contributed by atoms with van der Waals surface area (Å²) < 4.78 is 32.8. The first-order valence-electron chi connectivity index (χ1n) is 10.3. The lowest BCUT2D eigenvalue weighted by Crippen LogP contribution is -2.39. The number of ether oxygens (including phenoxy) is 1. The molecule has 1 aliphatic heterocycles. The van der Waals surface area contributed by atoms with Crippen molar-refractivity contribution in [3.05, 3.63) is 69.5 Å². The molecule has 1 amide bonds. The Morgan fingerprint density at radius 2 is 1.85 bits per heavy atom. The number of nitrogens with zero attached hydrogens (tertiary/aromatic N) is 1. The lowest BCUT2D eigenvalue weighted by atomic mass is 10.1. The van der Waals surface area contributed by atoms with E-state index in [9.17, 15) is 18.0 Å². The molecule has 174 valence electrons. The molecular formula is C22H23ClN4O5S. The summed E-state index contributed by atoms with van der Waals surface area (Å²) in [5.41, 5.74) is 0.614. The van der Waals surface area contributed by atoms with E-state index in [-0.39, 0.29) is 27.7 Å². The van der Waals surface area contributed by atoms with Gasteiger partial charge in [-0.05, 0) is 30.3 Å². The van der Waals surface area contributed by atoms with Crippen LogP contribution in [0.2, 0.25) is 5.02 Å². The van der Waals surface area contributed by atoms with Crippen LogP contribution in [0.4, 0.5) is 11.4 Å². The highest BCUT2D eigenvalue weighted by molar-refractivity contribution is 7.92. The summed E-state index contributed by atoms with van der Waals surface area (Å²) in [4.78, 5) is 30.4. The lowest BCUT2D eigenvalue weighted by molar-refractivity contribution is 0.0408. The smallest absolute Gasteiger partial charge is 0.261 e. The van der Waals surface area contributed by atoms with Gasteiger partial charge in [-0.2, -0.15) is 0 Å². The SMILES string of the molecule is O=C(Nc1cc(Cl)cc(NS(=O)(=O)CCN2CCOCC2)c1)c1c[nH]c2ccccc2c1=O. The van der Waals surface area contributed by atoms with Crippen LogP contribution in [-0.2, 0) is 14.8 Å². The molecule has 11 heteroatoms. The third-order valence-electron chi connectivity index (χ3n) is 5.24. The summed E-state index contributed by atoms with van der Waals surface area (Å²) in [5, 5.41) is 3.24. The van der Waals surface area contributed by atoms with Crippen LogP contribution < -0.4 is 15.5 Å². The number of H-pyrrole nitrogens is 1. The summed E-state index contributed by atoms with van der Waals surface area (Å²) in [6.07, 6.45) is 1.35. The fourth-order valence-electron chi connectivity index (χ4n) is 3.56. The van der Waals surface area contributed by atoms with E-state index in [0.717, 1.165) is 0 Å². The molecule has 0 spiro atoms. The van der Waals surface area contributed by atoms with Gasteiger partial charge in [0.1, 0.15) is 5.56 Å². The number of anilines is 2. The maximum Gasteiger partial charge on any atom is 0.261 e. The lowest BCUT2D eigenvalue weighted by Gasteiger charge is -2.26. The largest absolute Gasteiger partial charge is 0.379 e. The van der Waals surface area contributed by atoms with Crippen molar-refractivity contribution in [3.63, 3.8) is 0 Å². The van der Waals surface area contributed by atoms with Crippen LogP contribution in [0.5, 0.6) is 0 Å². The number of carbonyl (C=O) groups excluding carboxylic acids is 1. The Morgan fingerprint density at radius 3 is 2.64 bits per heavy atom. The third kappa shape index (κ3) is 5.91. The van der Waals surface area contributed by atoms with Gasteiger partial charge in [-0.25, -0.2) is 8.42 Å². The van der Waals surface area contributed by atoms with E-state index in [0.29, 0.717) is 43.8 Å². The summed E-state index contributed by atoms with van der Waals surface area (Å²) in [5.74, 6) is -0.724. The number of hydrogen-bond acceptors (Lipinski definition) is 6. The van der Waals surface area contributed by atoms with E-state index in [1.54, 1.807) is 24.3 Å². The highest BCUT2D eigenvalue weighted by atomic mass is 35.5. The van der Waals surface area contributed by atoms with Crippen LogP contribution in [0.3, 0.4) is 0 Å². The number of morpholine rings is 1. The molecule has 2 aromatic carbocycles. The van der Waals surface area contributed by atoms with Gasteiger partial charge >= 0.3 is 0 Å². The zero-order chi connectivity index (χ0) is 23.4. The van der Waals surface area contributed by atoms with E-state index >= 15 is 0 Å². The van der Waals surface area contributed by atoms with Gasteiger partial charge in [0.25, 0.3) is 5.91 Å². The number of nitrogens with one attached hydrogen (secondary N) is 3. The van der Waals surface area contributed by atoms with Crippen LogP contribution in [0.1, 0.15) is 10.4 Å². The average Bonchev–Trinajstić information content (AvgIpc) is 2.78. The van der Waals surface area contributed by atoms with Gasteiger partial charge in [-0.15, -0.1) is 0 Å². The van der Waals surface area contributed by atoms with E-state index in [1.807, 2.05) is 4.90 Å². The number of halogens is 1. The van der Waals surface area contributed by atoms with Crippen molar-refractivity contribution in [1.82, 2.24) is 9.88 Å². The van der Waals surface area contributed by atoms with Crippen LogP contribution in [0.25, 0.3) is 10.9 Å². The average molecular weight is 491 g/mol. The summed E-state index contributed by atoms with van der Waals surface area (Å²) in [6, 6.07) is 11.3. The summed E-state index contributed by atoms with van der Waals surface area (Å²) in [7, 11) is -3.64. The maximum atomic E-state index is 12.7. The number of carbonyl (C=O) groups is 1. The van der Waals surface area contributed by atoms with Gasteiger partial charge in [0, 0.05) is 47.4 Å². The molecule has 0 bridgehead atoms. The maximum absolute atomic E-state index is 12.7. The molecule has 4 rings (SSSR count). The molecule has 2 heterocycles. The van der Waals surface area contributed by atoms with Gasteiger partial charge in [0.05, 0.1) is 24.7 Å². The Morgan fingerprint density at radius 1 is 1.12 bits per heavy atom. The highest BCUT2D eigenvalue weighted by Crippen LogP contribution is 2.24. The number of sulfonamides is 1. The Bertz CT molecular complexity index is 1340. The van der Waals surface area contributed by atoms with Crippen molar-refractivity contribution < 1.29 is 17.9 Å². The van der Waals surface area contributed by atoms with Crippen molar-refractivity contribution in [2.24, 2.45) is 0 Å². The first kappa shape index (κ1) is 23.2. The zero-order valence-electron chi connectivity index (χ0n) is 17.6. The van der Waals surface area contributed by atoms with Gasteiger partial charge < -0.3 is 15.0 Å². The monoisotopic (exact) mass is 490 g/mol. The van der Waals surface area contributed by atoms with Crippen LogP contribution in [-0.4, -0.2) is 62.8 Å². The summed E-state index contributed by atoms with van der Waals surface area (Å²) in [6.45, 7) is 2.94. The number of amides is 1. The number of aromatic amines is 1. The van der Waals surface area contributed by atoms with E-state index in [1.165, 1.54) is 24.4 Å². The van der Waals surface area contributed by atoms with E-state index < -0.39 is 21.4 Å². The molecule has 0 saturated carbocycles. The van der Waals surface area contributed by atoms with Crippen LogP contribution in [0.15, 0.2) is 53.5 Å². The minimum absolute atomic E-state index is 0.0682. The van der Waals surface area contributed by atoms with Crippen molar-refractivity contribution >= 4 is 49.8 Å². The highest BCUT2D eigenvalue weighted by Gasteiger charge is 2.18. The van der Waals surface area contributed by atoms with E-state index in [2.05, 4.69) is 15.0 Å². The normalized spacial score (nSPS) is 14.8. The number of hydrogen-bond donors (Lipinski definition) is 3. The molecule has 1 aliphatic rings. The standard InChI is InChI=1S/C22H23ClN4O5S/c23-15-11-16(25-22(29)19-14-24-20-4-2-1-3-18(20)21(19)28)13-17(12-15)26-33(30,31)10-7-27-5-8-32-9-6-27/h1-4,11-14,26H,5-10H2,(H,24,28)(H,25,29). The molecule has 0 unspecified atom stereocenters. The third-order valence-corrected chi connectivity index (χ3v) is 6.73. The molecule has 0 radical (unpaired) electrons. The number of rotatable bonds is 7. The molecule has 0 aliphatic carbocycles. The Labute approximate surface area is 195 Å². The van der Waals surface area contributed by atoms with Crippen molar-refractivity contribution in [1.29, 1.82) is 0 Å². The first-order valence-corrected chi connectivity index (χ1v) is 12.4. The number of pyridine rings is 1. The molecule has 33 heavy (non-hydrogen) atoms. The fourth-order valence-corrected chi connectivity index (χ4v) is 4.87. The van der Waals surface area contributed by atoms with Gasteiger partial charge in [0.2, 0.25) is 15.5 Å². The fraction of sp³-hybridized carbons (Fsp3) is 0.273. The molecule has 1 aromatic heterocycles. The first-order chi connectivity index (χ1) is 15.8. The zero-order valence-corrected chi connectivity index (χ0v) is 19.2. The Hall–Kier alpha value is -2.92. The Kier molecular flexibility index (Phi) is 6.99. The number of fused-ring (bicyclic) bond motifs is 1. The molecule has 0 atom stereocenters. The number of benzene rings is 2. The minimum atomic E-state index is -3.64. The van der Waals surface area contributed by atoms with Gasteiger partial charge in [0.15, 0.2) is 0 Å². The van der Waals surface area contributed by atoms with Gasteiger partial charge in [-0.3, -0.25) is 19.2 Å². The number of aromatic nitrogens is 1. The van der Waals surface area contributed by atoms with Crippen molar-refractivity contribution in [3.8, 4) is 0 Å². The second-order valence-corrected chi connectivity index (χ2v) is 9.91. The predicted octanol–water partition coefficient (Wildman–Crippen LogP) is 2.51. The van der Waals surface area contributed by atoms with Crippen molar-refractivity contribution in [2.75, 3.05) is 48.6 Å². The van der Waals surface area contributed by atoms with Crippen LogP contribution >= 0.6 is 11.6 Å². The molecule has 1 fully saturated rings. The van der Waals surface area contributed by atoms with Gasteiger partial charge in [-0.1, -0.05) is 23.7 Å². The van der Waals surface area contributed by atoms with Crippen molar-refractivity contribution in [2.45, 2.75) is 0 Å². The topological polar surface area (TPSA) is 121 Å². The van der Waals surface area contributed by atoms with Crippen LogP contribution in [0, 0.1) is 0 Å². The molecule has 3 N–H and O–H groups in total. The summed E-state index contributed by atoms with van der Waals surface area (Å²) >= 11 is 6.14.